The second kappa shape index (κ2) is 5.00. The molecular formula is C16H19NO2. The highest BCUT2D eigenvalue weighted by molar-refractivity contribution is 6.32. The van der Waals surface area contributed by atoms with E-state index in [0.29, 0.717) is 11.1 Å². The molecule has 0 saturated heterocycles. The molecule has 100 valence electrons. The number of para-hydroxylation sites is 1. The Morgan fingerprint density at radius 1 is 0.895 bits per heavy atom. The van der Waals surface area contributed by atoms with Gasteiger partial charge in [-0.1, -0.05) is 32.0 Å². The third kappa shape index (κ3) is 1.99. The van der Waals surface area contributed by atoms with Gasteiger partial charge in [-0.05, 0) is 37.8 Å². The summed E-state index contributed by atoms with van der Waals surface area (Å²) in [7, 11) is 0. The lowest BCUT2D eigenvalue weighted by atomic mass is 10.0. The second-order valence-corrected chi connectivity index (χ2v) is 4.83. The maximum Gasteiger partial charge on any atom is 0.261 e. The first kappa shape index (κ1) is 13.5. The summed E-state index contributed by atoms with van der Waals surface area (Å²) < 4.78 is 0. The third-order valence-electron chi connectivity index (χ3n) is 3.80. The summed E-state index contributed by atoms with van der Waals surface area (Å²) in [5.74, 6) is -0.365. The Balaban J connectivity index is 2.61. The number of aryl methyl sites for hydroxylation is 2. The van der Waals surface area contributed by atoms with Crippen LogP contribution in [0.2, 0.25) is 0 Å². The van der Waals surface area contributed by atoms with Crippen molar-refractivity contribution >= 4 is 17.5 Å². The highest BCUT2D eigenvalue weighted by atomic mass is 16.2. The highest BCUT2D eigenvalue weighted by Crippen LogP contribution is 2.33. The summed E-state index contributed by atoms with van der Waals surface area (Å²) in [6.07, 6.45) is 1.61. The fourth-order valence-corrected chi connectivity index (χ4v) is 2.45. The van der Waals surface area contributed by atoms with Crippen LogP contribution in [-0.4, -0.2) is 11.8 Å². The molecule has 0 spiro atoms. The van der Waals surface area contributed by atoms with Gasteiger partial charge in [-0.3, -0.25) is 9.59 Å². The van der Waals surface area contributed by atoms with Gasteiger partial charge < -0.3 is 0 Å². The zero-order chi connectivity index (χ0) is 14.2. The first-order valence-corrected chi connectivity index (χ1v) is 6.69. The normalized spacial score (nSPS) is 15.7. The Morgan fingerprint density at radius 2 is 1.32 bits per heavy atom. The molecule has 19 heavy (non-hydrogen) atoms. The van der Waals surface area contributed by atoms with Crippen molar-refractivity contribution in [1.82, 2.24) is 0 Å². The Morgan fingerprint density at radius 3 is 1.68 bits per heavy atom. The van der Waals surface area contributed by atoms with Crippen molar-refractivity contribution in [3.63, 3.8) is 0 Å². The van der Waals surface area contributed by atoms with Crippen LogP contribution in [0, 0.1) is 0 Å². The fraction of sp³-hybridized carbons (Fsp3) is 0.375. The Hall–Kier alpha value is -1.90. The molecule has 1 aromatic carbocycles. The number of carbonyl (C=O) groups excluding carboxylic acids is 2. The number of amides is 2. The molecule has 0 saturated carbocycles. The van der Waals surface area contributed by atoms with E-state index < -0.39 is 0 Å². The van der Waals surface area contributed by atoms with Crippen molar-refractivity contribution in [2.24, 2.45) is 0 Å². The molecule has 0 N–H and O–H groups in total. The Labute approximate surface area is 113 Å². The molecule has 0 aromatic heterocycles. The van der Waals surface area contributed by atoms with Crippen LogP contribution < -0.4 is 4.90 Å². The minimum atomic E-state index is -0.182. The van der Waals surface area contributed by atoms with Gasteiger partial charge in [0.15, 0.2) is 0 Å². The van der Waals surface area contributed by atoms with E-state index in [1.807, 2.05) is 32.0 Å². The second-order valence-electron chi connectivity index (χ2n) is 4.83. The van der Waals surface area contributed by atoms with Crippen molar-refractivity contribution in [3.05, 3.63) is 40.5 Å². The van der Waals surface area contributed by atoms with E-state index >= 15 is 0 Å². The van der Waals surface area contributed by atoms with Crippen LogP contribution in [0.15, 0.2) is 29.3 Å². The molecule has 1 aromatic rings. The van der Waals surface area contributed by atoms with E-state index in [1.165, 1.54) is 4.90 Å². The van der Waals surface area contributed by atoms with Crippen molar-refractivity contribution in [1.29, 1.82) is 0 Å². The molecule has 3 nitrogen and oxygen atoms in total. The van der Waals surface area contributed by atoms with E-state index in [4.69, 9.17) is 0 Å². The molecule has 1 aliphatic heterocycles. The maximum atomic E-state index is 12.3. The summed E-state index contributed by atoms with van der Waals surface area (Å²) in [5, 5.41) is 0. The summed E-state index contributed by atoms with van der Waals surface area (Å²) in [4.78, 5) is 26.0. The van der Waals surface area contributed by atoms with Crippen LogP contribution in [0.25, 0.3) is 0 Å². The van der Waals surface area contributed by atoms with Crippen molar-refractivity contribution in [3.8, 4) is 0 Å². The van der Waals surface area contributed by atoms with Crippen molar-refractivity contribution in [2.45, 2.75) is 40.5 Å². The van der Waals surface area contributed by atoms with Gasteiger partial charge in [0.25, 0.3) is 11.8 Å². The van der Waals surface area contributed by atoms with Gasteiger partial charge in [-0.2, -0.15) is 0 Å². The molecule has 2 rings (SSSR count). The van der Waals surface area contributed by atoms with Gasteiger partial charge in [0.2, 0.25) is 0 Å². The van der Waals surface area contributed by atoms with E-state index in [2.05, 4.69) is 0 Å². The molecule has 0 unspecified atom stereocenters. The first-order chi connectivity index (χ1) is 9.02. The predicted octanol–water partition coefficient (Wildman–Crippen LogP) is 3.02. The lowest BCUT2D eigenvalue weighted by Crippen LogP contribution is -2.33. The molecule has 0 bridgehead atoms. The summed E-state index contributed by atoms with van der Waals surface area (Å²) in [6.45, 7) is 7.51. The topological polar surface area (TPSA) is 37.4 Å². The number of imide groups is 1. The molecule has 1 heterocycles. The lowest BCUT2D eigenvalue weighted by molar-refractivity contribution is -0.120. The Bertz CT molecular complexity index is 538. The quantitative estimate of drug-likeness (QED) is 0.780. The molecule has 0 aliphatic carbocycles. The van der Waals surface area contributed by atoms with Crippen LogP contribution in [0.3, 0.4) is 0 Å². The van der Waals surface area contributed by atoms with Crippen molar-refractivity contribution in [2.75, 3.05) is 4.90 Å². The summed E-state index contributed by atoms with van der Waals surface area (Å²) in [6, 6.07) is 5.95. The average molecular weight is 257 g/mol. The number of rotatable bonds is 3. The van der Waals surface area contributed by atoms with Gasteiger partial charge in [0, 0.05) is 11.1 Å². The molecular weight excluding hydrogens is 238 g/mol. The smallest absolute Gasteiger partial charge is 0.261 e. The monoisotopic (exact) mass is 257 g/mol. The molecule has 0 atom stereocenters. The standard InChI is InChI=1S/C16H19NO2/c1-5-12-8-7-9-13(6-2)14(12)17-15(18)10(3)11(4)16(17)19/h7-9H,5-6H2,1-4H3. The lowest BCUT2D eigenvalue weighted by Gasteiger charge is -2.21. The highest BCUT2D eigenvalue weighted by Gasteiger charge is 2.36. The van der Waals surface area contributed by atoms with Crippen LogP contribution in [0.4, 0.5) is 5.69 Å². The van der Waals surface area contributed by atoms with E-state index in [1.54, 1.807) is 13.8 Å². The minimum Gasteiger partial charge on any atom is -0.269 e. The zero-order valence-corrected chi connectivity index (χ0v) is 11.9. The largest absolute Gasteiger partial charge is 0.269 e. The number of nitrogens with zero attached hydrogens (tertiary/aromatic N) is 1. The van der Waals surface area contributed by atoms with Crippen LogP contribution in [0.1, 0.15) is 38.8 Å². The Kier molecular flexibility index (Phi) is 3.56. The fourth-order valence-electron chi connectivity index (χ4n) is 2.45. The predicted molar refractivity (Wildman–Crippen MR) is 76.1 cm³/mol. The van der Waals surface area contributed by atoms with E-state index in [0.717, 1.165) is 29.7 Å². The van der Waals surface area contributed by atoms with Gasteiger partial charge in [-0.15, -0.1) is 0 Å². The van der Waals surface area contributed by atoms with Crippen LogP contribution in [0.5, 0.6) is 0 Å². The van der Waals surface area contributed by atoms with E-state index in [9.17, 15) is 9.59 Å². The van der Waals surface area contributed by atoms with Crippen LogP contribution >= 0.6 is 0 Å². The molecule has 0 radical (unpaired) electrons. The molecule has 2 amide bonds. The number of carbonyl (C=O) groups is 2. The van der Waals surface area contributed by atoms with Gasteiger partial charge in [0.05, 0.1) is 5.69 Å². The van der Waals surface area contributed by atoms with Crippen LogP contribution in [-0.2, 0) is 22.4 Å². The average Bonchev–Trinajstić information content (AvgIpc) is 2.62. The maximum absolute atomic E-state index is 12.3. The summed E-state index contributed by atoms with van der Waals surface area (Å²) >= 11 is 0. The SMILES string of the molecule is CCc1cccc(CC)c1N1C(=O)C(C)=C(C)C1=O. The first-order valence-electron chi connectivity index (χ1n) is 6.69. The van der Waals surface area contributed by atoms with Crippen molar-refractivity contribution < 1.29 is 9.59 Å². The number of anilines is 1. The minimum absolute atomic E-state index is 0.182. The zero-order valence-electron chi connectivity index (χ0n) is 11.9. The third-order valence-corrected chi connectivity index (χ3v) is 3.80. The van der Waals surface area contributed by atoms with Gasteiger partial charge >= 0.3 is 0 Å². The number of benzene rings is 1. The van der Waals surface area contributed by atoms with Gasteiger partial charge in [0.1, 0.15) is 0 Å². The molecule has 1 aliphatic rings. The number of hydrogen-bond donors (Lipinski definition) is 0. The van der Waals surface area contributed by atoms with Gasteiger partial charge in [-0.25, -0.2) is 4.90 Å². The molecule has 0 fully saturated rings. The summed E-state index contributed by atoms with van der Waals surface area (Å²) in [5.41, 5.74) is 3.99. The molecule has 3 heteroatoms. The van der Waals surface area contributed by atoms with E-state index in [-0.39, 0.29) is 11.8 Å². The number of hydrogen-bond acceptors (Lipinski definition) is 2.